The summed E-state index contributed by atoms with van der Waals surface area (Å²) in [5.74, 6) is 1.25. The number of rotatable bonds is 1. The van der Waals surface area contributed by atoms with E-state index < -0.39 is 5.60 Å². The van der Waals surface area contributed by atoms with Crippen LogP contribution in [0.1, 0.15) is 27.2 Å². The standard InChI is InChI=1S/C14H23N5O2/c1-14(2,3)21-13(20)19-6-4-5-18(7-8-19)12-9-11(15)16-10-17-12/h9-10H,4-8H2,1-3H3,(H2,15,16,17). The van der Waals surface area contributed by atoms with Gasteiger partial charge in [0.25, 0.3) is 0 Å². The quantitative estimate of drug-likeness (QED) is 0.844. The summed E-state index contributed by atoms with van der Waals surface area (Å²) < 4.78 is 5.42. The lowest BCUT2D eigenvalue weighted by Crippen LogP contribution is -2.39. The SMILES string of the molecule is CC(C)(C)OC(=O)N1CCCN(c2cc(N)ncn2)CC1. The lowest BCUT2D eigenvalue weighted by atomic mass is 10.2. The van der Waals surface area contributed by atoms with E-state index >= 15 is 0 Å². The van der Waals surface area contributed by atoms with Crippen LogP contribution in [0, 0.1) is 0 Å². The Labute approximate surface area is 125 Å². The van der Waals surface area contributed by atoms with Crippen LogP contribution < -0.4 is 10.6 Å². The summed E-state index contributed by atoms with van der Waals surface area (Å²) in [5.41, 5.74) is 5.22. The number of amides is 1. The van der Waals surface area contributed by atoms with E-state index in [9.17, 15) is 4.79 Å². The first-order chi connectivity index (χ1) is 9.85. The topological polar surface area (TPSA) is 84.6 Å². The number of hydrogen-bond acceptors (Lipinski definition) is 6. The van der Waals surface area contributed by atoms with E-state index in [1.54, 1.807) is 11.0 Å². The van der Waals surface area contributed by atoms with Crippen LogP contribution in [0.5, 0.6) is 0 Å². The van der Waals surface area contributed by atoms with Crippen molar-refractivity contribution in [1.29, 1.82) is 0 Å². The zero-order valence-electron chi connectivity index (χ0n) is 12.9. The van der Waals surface area contributed by atoms with Gasteiger partial charge < -0.3 is 20.3 Å². The van der Waals surface area contributed by atoms with Gasteiger partial charge in [-0.15, -0.1) is 0 Å². The second-order valence-corrected chi connectivity index (χ2v) is 6.11. The van der Waals surface area contributed by atoms with Crippen molar-refractivity contribution >= 4 is 17.7 Å². The van der Waals surface area contributed by atoms with Crippen molar-refractivity contribution in [1.82, 2.24) is 14.9 Å². The van der Waals surface area contributed by atoms with Crippen molar-refractivity contribution < 1.29 is 9.53 Å². The molecule has 0 aromatic carbocycles. The lowest BCUT2D eigenvalue weighted by molar-refractivity contribution is 0.0263. The second-order valence-electron chi connectivity index (χ2n) is 6.11. The number of hydrogen-bond donors (Lipinski definition) is 1. The van der Waals surface area contributed by atoms with Crippen LogP contribution in [0.25, 0.3) is 0 Å². The van der Waals surface area contributed by atoms with Crippen LogP contribution in [-0.4, -0.2) is 52.7 Å². The average Bonchev–Trinajstić information content (AvgIpc) is 2.62. The third kappa shape index (κ3) is 4.47. The Balaban J connectivity index is 1.97. The van der Waals surface area contributed by atoms with E-state index in [-0.39, 0.29) is 6.09 Å². The maximum Gasteiger partial charge on any atom is 0.410 e. The first kappa shape index (κ1) is 15.3. The maximum atomic E-state index is 12.1. The van der Waals surface area contributed by atoms with Crippen molar-refractivity contribution in [2.75, 3.05) is 36.8 Å². The maximum absolute atomic E-state index is 12.1. The molecule has 21 heavy (non-hydrogen) atoms. The molecule has 0 aliphatic carbocycles. The Kier molecular flexibility index (Phi) is 4.50. The summed E-state index contributed by atoms with van der Waals surface area (Å²) in [5, 5.41) is 0. The van der Waals surface area contributed by atoms with Crippen molar-refractivity contribution in [3.63, 3.8) is 0 Å². The Morgan fingerprint density at radius 3 is 2.67 bits per heavy atom. The number of nitrogens with zero attached hydrogens (tertiary/aromatic N) is 4. The molecule has 116 valence electrons. The number of carbonyl (C=O) groups excluding carboxylic acids is 1. The molecule has 1 fully saturated rings. The van der Waals surface area contributed by atoms with Crippen LogP contribution in [0.4, 0.5) is 16.4 Å². The molecule has 1 amide bonds. The van der Waals surface area contributed by atoms with Gasteiger partial charge in [-0.2, -0.15) is 0 Å². The molecule has 2 rings (SSSR count). The van der Waals surface area contributed by atoms with Crippen LogP contribution in [0.15, 0.2) is 12.4 Å². The van der Waals surface area contributed by atoms with Gasteiger partial charge in [0.05, 0.1) is 0 Å². The molecule has 1 aliphatic heterocycles. The van der Waals surface area contributed by atoms with E-state index in [4.69, 9.17) is 10.5 Å². The fourth-order valence-electron chi connectivity index (χ4n) is 2.19. The van der Waals surface area contributed by atoms with Crippen LogP contribution >= 0.6 is 0 Å². The van der Waals surface area contributed by atoms with Crippen molar-refractivity contribution in [2.45, 2.75) is 32.8 Å². The second kappa shape index (κ2) is 6.15. The summed E-state index contributed by atoms with van der Waals surface area (Å²) in [7, 11) is 0. The number of anilines is 2. The minimum atomic E-state index is -0.468. The number of nitrogens with two attached hydrogens (primary N) is 1. The van der Waals surface area contributed by atoms with Gasteiger partial charge in [0.2, 0.25) is 0 Å². The monoisotopic (exact) mass is 293 g/mol. The van der Waals surface area contributed by atoms with Gasteiger partial charge in [-0.3, -0.25) is 0 Å². The van der Waals surface area contributed by atoms with E-state index in [2.05, 4.69) is 14.9 Å². The Morgan fingerprint density at radius 1 is 1.24 bits per heavy atom. The van der Waals surface area contributed by atoms with E-state index in [0.717, 1.165) is 18.8 Å². The molecule has 0 bridgehead atoms. The van der Waals surface area contributed by atoms with Gasteiger partial charge in [0, 0.05) is 32.2 Å². The summed E-state index contributed by atoms with van der Waals surface area (Å²) in [6.45, 7) is 8.45. The third-order valence-electron chi connectivity index (χ3n) is 3.15. The predicted molar refractivity (Wildman–Crippen MR) is 81.1 cm³/mol. The summed E-state index contributed by atoms with van der Waals surface area (Å²) in [4.78, 5) is 24.1. The van der Waals surface area contributed by atoms with Crippen LogP contribution in [0.2, 0.25) is 0 Å². The molecule has 0 spiro atoms. The molecule has 0 radical (unpaired) electrons. The molecule has 1 saturated heterocycles. The zero-order valence-corrected chi connectivity index (χ0v) is 12.9. The number of aromatic nitrogens is 2. The van der Waals surface area contributed by atoms with E-state index in [1.807, 2.05) is 20.8 Å². The minimum Gasteiger partial charge on any atom is -0.444 e. The van der Waals surface area contributed by atoms with E-state index in [0.29, 0.717) is 25.5 Å². The highest BCUT2D eigenvalue weighted by atomic mass is 16.6. The highest BCUT2D eigenvalue weighted by Gasteiger charge is 2.24. The van der Waals surface area contributed by atoms with Gasteiger partial charge in [0.15, 0.2) is 0 Å². The van der Waals surface area contributed by atoms with Gasteiger partial charge >= 0.3 is 6.09 Å². The summed E-state index contributed by atoms with van der Waals surface area (Å²) in [6, 6.07) is 1.75. The minimum absolute atomic E-state index is 0.258. The molecule has 7 heteroatoms. The highest BCUT2D eigenvalue weighted by Crippen LogP contribution is 2.16. The molecule has 7 nitrogen and oxygen atoms in total. The smallest absolute Gasteiger partial charge is 0.410 e. The predicted octanol–water partition coefficient (Wildman–Crippen LogP) is 1.51. The average molecular weight is 293 g/mol. The van der Waals surface area contributed by atoms with Gasteiger partial charge in [-0.05, 0) is 27.2 Å². The van der Waals surface area contributed by atoms with Gasteiger partial charge in [-0.1, -0.05) is 0 Å². The van der Waals surface area contributed by atoms with Crippen LogP contribution in [0.3, 0.4) is 0 Å². The highest BCUT2D eigenvalue weighted by molar-refractivity contribution is 5.68. The first-order valence-corrected chi connectivity index (χ1v) is 7.15. The Hall–Kier alpha value is -2.05. The van der Waals surface area contributed by atoms with E-state index in [1.165, 1.54) is 6.33 Å². The fraction of sp³-hybridized carbons (Fsp3) is 0.643. The molecule has 1 aliphatic rings. The lowest BCUT2D eigenvalue weighted by Gasteiger charge is -2.26. The molecular formula is C14H23N5O2. The Bertz CT molecular complexity index is 500. The zero-order chi connectivity index (χ0) is 15.5. The van der Waals surface area contributed by atoms with Crippen molar-refractivity contribution in [3.8, 4) is 0 Å². The molecule has 0 saturated carbocycles. The molecule has 0 unspecified atom stereocenters. The third-order valence-corrected chi connectivity index (χ3v) is 3.15. The molecule has 0 atom stereocenters. The number of carbonyl (C=O) groups is 1. The normalized spacial score (nSPS) is 16.5. The van der Waals surface area contributed by atoms with Crippen molar-refractivity contribution in [2.24, 2.45) is 0 Å². The first-order valence-electron chi connectivity index (χ1n) is 7.15. The van der Waals surface area contributed by atoms with Crippen LogP contribution in [-0.2, 0) is 4.74 Å². The molecule has 2 N–H and O–H groups in total. The molecule has 2 heterocycles. The molecular weight excluding hydrogens is 270 g/mol. The summed E-state index contributed by atoms with van der Waals surface area (Å²) >= 11 is 0. The number of ether oxygens (including phenoxy) is 1. The summed E-state index contributed by atoms with van der Waals surface area (Å²) in [6.07, 6.45) is 2.07. The van der Waals surface area contributed by atoms with Gasteiger partial charge in [0.1, 0.15) is 23.6 Å². The van der Waals surface area contributed by atoms with Crippen molar-refractivity contribution in [3.05, 3.63) is 12.4 Å². The number of nitrogen functional groups attached to an aromatic ring is 1. The fourth-order valence-corrected chi connectivity index (χ4v) is 2.19. The molecule has 1 aromatic rings. The largest absolute Gasteiger partial charge is 0.444 e. The Morgan fingerprint density at radius 2 is 2.00 bits per heavy atom. The van der Waals surface area contributed by atoms with Gasteiger partial charge in [-0.25, -0.2) is 14.8 Å². The molecule has 1 aromatic heterocycles.